The van der Waals surface area contributed by atoms with Crippen LogP contribution < -0.4 is 17.4 Å². The molecule has 1 heterocycles. The van der Waals surface area contributed by atoms with Crippen LogP contribution in [0.4, 0.5) is 0 Å². The summed E-state index contributed by atoms with van der Waals surface area (Å²) < 4.78 is 0. The van der Waals surface area contributed by atoms with E-state index in [0.717, 1.165) is 0 Å². The molecular weight excluding hydrogens is 148 g/mol. The Balaban J connectivity index is 0. The largest absolute Gasteiger partial charge is 1.00 e. The average Bonchev–Trinajstić information content (AvgIpc) is 1.93. The Kier molecular flexibility index (Phi) is 12.7. The van der Waals surface area contributed by atoms with E-state index >= 15 is 0 Å². The number of hydrogen-bond acceptors (Lipinski definition) is 1. The van der Waals surface area contributed by atoms with E-state index in [9.17, 15) is 0 Å². The Morgan fingerprint density at radius 3 is 1.70 bits per heavy atom. The van der Waals surface area contributed by atoms with Crippen LogP contribution in [0, 0.1) is 11.3 Å². The summed E-state index contributed by atoms with van der Waals surface area (Å²) in [5.74, 6) is 0. The molecule has 1 rings (SSSR count). The van der Waals surface area contributed by atoms with Gasteiger partial charge >= 0.3 is 0 Å². The Labute approximate surface area is 66.9 Å². The van der Waals surface area contributed by atoms with Crippen molar-refractivity contribution in [1.82, 2.24) is 0 Å². The van der Waals surface area contributed by atoms with Crippen molar-refractivity contribution in [2.24, 2.45) is 0 Å². The molecule has 3 heteroatoms. The van der Waals surface area contributed by atoms with E-state index in [1.807, 2.05) is 30.6 Å². The number of rotatable bonds is 0. The third-order valence-corrected chi connectivity index (χ3v) is 0.607. The number of aromatic nitrogens is 1. The van der Waals surface area contributed by atoms with Crippen molar-refractivity contribution in [2.45, 2.75) is 6.92 Å². The number of nitriles is 1. The highest BCUT2D eigenvalue weighted by atomic mass is 35.5. The maximum Gasteiger partial charge on any atom is 0.166 e. The lowest BCUT2D eigenvalue weighted by atomic mass is 10.5. The number of nitrogens with zero attached hydrogens (tertiary/aromatic N) is 1. The predicted molar refractivity (Wildman–Crippen MR) is 34.3 cm³/mol. The molecule has 0 radical (unpaired) electrons. The van der Waals surface area contributed by atoms with E-state index in [0.29, 0.717) is 0 Å². The second kappa shape index (κ2) is 10.8. The number of pyridine rings is 1. The lowest BCUT2D eigenvalue weighted by molar-refractivity contribution is -0.377. The topological polar surface area (TPSA) is 37.9 Å². The third-order valence-electron chi connectivity index (χ3n) is 0.607. The Morgan fingerprint density at radius 1 is 1.20 bits per heavy atom. The molecule has 1 aromatic heterocycles. The van der Waals surface area contributed by atoms with E-state index in [-0.39, 0.29) is 12.4 Å². The normalized spacial score (nSPS) is 5.60. The fourth-order valence-electron chi connectivity index (χ4n) is 0.342. The molecule has 0 saturated heterocycles. The number of nitrogens with one attached hydrogen (secondary N) is 1. The summed E-state index contributed by atoms with van der Waals surface area (Å²) in [7, 11) is 0. The fourth-order valence-corrected chi connectivity index (χ4v) is 0.342. The van der Waals surface area contributed by atoms with Crippen LogP contribution in [0.2, 0.25) is 0 Å². The molecule has 54 valence electrons. The summed E-state index contributed by atoms with van der Waals surface area (Å²) in [4.78, 5) is 2.89. The quantitative estimate of drug-likeness (QED) is 0.430. The van der Waals surface area contributed by atoms with Crippen LogP contribution in [-0.4, -0.2) is 0 Å². The number of hydrogen-bond donors (Lipinski definition) is 0. The van der Waals surface area contributed by atoms with E-state index in [2.05, 4.69) is 4.98 Å². The molecule has 1 N–H and O–H groups in total. The van der Waals surface area contributed by atoms with Crippen LogP contribution in [-0.2, 0) is 0 Å². The predicted octanol–water partition coefficient (Wildman–Crippen LogP) is -1.97. The lowest BCUT2D eigenvalue weighted by Gasteiger charge is -1.63. The molecule has 0 saturated carbocycles. The first kappa shape index (κ1) is 11.7. The molecule has 0 unspecified atom stereocenters. The van der Waals surface area contributed by atoms with Gasteiger partial charge in [-0.15, -0.1) is 0 Å². The fraction of sp³-hybridized carbons (Fsp3) is 0.143. The summed E-state index contributed by atoms with van der Waals surface area (Å²) in [5, 5.41) is 7.32. The van der Waals surface area contributed by atoms with Gasteiger partial charge in [0.1, 0.15) is 0 Å². The Hall–Kier alpha value is -1.07. The van der Waals surface area contributed by atoms with Crippen molar-refractivity contribution < 1.29 is 17.4 Å². The van der Waals surface area contributed by atoms with Crippen LogP contribution in [0.5, 0.6) is 0 Å². The van der Waals surface area contributed by atoms with Gasteiger partial charge in [-0.05, 0) is 0 Å². The maximum atomic E-state index is 7.32. The van der Waals surface area contributed by atoms with E-state index in [1.54, 1.807) is 6.07 Å². The van der Waals surface area contributed by atoms with Crippen molar-refractivity contribution in [3.63, 3.8) is 0 Å². The number of halogens is 1. The van der Waals surface area contributed by atoms with Crippen molar-refractivity contribution in [1.29, 1.82) is 5.26 Å². The van der Waals surface area contributed by atoms with Gasteiger partial charge in [0.25, 0.3) is 0 Å². The van der Waals surface area contributed by atoms with E-state index < -0.39 is 0 Å². The summed E-state index contributed by atoms with van der Waals surface area (Å²) in [6.45, 7) is 1.43. The molecule has 0 fully saturated rings. The van der Waals surface area contributed by atoms with Gasteiger partial charge in [-0.3, -0.25) is 0 Å². The maximum absolute atomic E-state index is 7.32. The minimum absolute atomic E-state index is 0. The van der Waals surface area contributed by atoms with Gasteiger partial charge in [-0.2, -0.15) is 5.26 Å². The molecule has 0 spiro atoms. The molecule has 0 atom stereocenters. The summed E-state index contributed by atoms with van der Waals surface area (Å²) in [6, 6.07) is 7.61. The zero-order valence-corrected chi connectivity index (χ0v) is 6.47. The summed E-state index contributed by atoms with van der Waals surface area (Å²) in [5.41, 5.74) is 0. The smallest absolute Gasteiger partial charge is 0.166 e. The van der Waals surface area contributed by atoms with Crippen LogP contribution in [0.3, 0.4) is 0 Å². The standard InChI is InChI=1S/C5H5N.C2H3N.ClH/c1-2-4-6-5-3-1;1-2-3;/h1-5H;1H3;1H. The minimum atomic E-state index is 0. The Bertz CT molecular complexity index is 142. The first-order valence-electron chi connectivity index (χ1n) is 2.63. The van der Waals surface area contributed by atoms with Crippen molar-refractivity contribution in [3.05, 3.63) is 30.6 Å². The molecule has 0 bridgehead atoms. The number of H-pyrrole nitrogens is 1. The summed E-state index contributed by atoms with van der Waals surface area (Å²) >= 11 is 0. The molecule has 2 nitrogen and oxygen atoms in total. The molecule has 0 aliphatic heterocycles. The monoisotopic (exact) mass is 156 g/mol. The van der Waals surface area contributed by atoms with Crippen molar-refractivity contribution >= 4 is 0 Å². The van der Waals surface area contributed by atoms with Gasteiger partial charge in [0.05, 0.1) is 6.07 Å². The van der Waals surface area contributed by atoms with Crippen molar-refractivity contribution in [3.8, 4) is 6.07 Å². The highest BCUT2D eigenvalue weighted by Gasteiger charge is 1.65. The second-order valence-electron chi connectivity index (χ2n) is 1.30. The zero-order valence-electron chi connectivity index (χ0n) is 5.71. The number of aromatic amines is 1. The van der Waals surface area contributed by atoms with E-state index in [1.165, 1.54) is 6.92 Å². The molecule has 1 aromatic rings. The van der Waals surface area contributed by atoms with E-state index in [4.69, 9.17) is 5.26 Å². The highest BCUT2D eigenvalue weighted by Crippen LogP contribution is 1.68. The minimum Gasteiger partial charge on any atom is -1.00 e. The van der Waals surface area contributed by atoms with Crippen molar-refractivity contribution in [2.75, 3.05) is 0 Å². The first-order valence-corrected chi connectivity index (χ1v) is 2.63. The lowest BCUT2D eigenvalue weighted by Crippen LogP contribution is -3.00. The highest BCUT2D eigenvalue weighted by molar-refractivity contribution is 4.82. The molecule has 0 aliphatic carbocycles. The molecule has 0 amide bonds. The van der Waals surface area contributed by atoms with Gasteiger partial charge in [-0.1, -0.05) is 6.07 Å². The molecular formula is C7H9ClN2. The van der Waals surface area contributed by atoms with Crippen LogP contribution in [0.15, 0.2) is 30.6 Å². The second-order valence-corrected chi connectivity index (χ2v) is 1.30. The van der Waals surface area contributed by atoms with Gasteiger partial charge in [-0.25, -0.2) is 4.98 Å². The van der Waals surface area contributed by atoms with Crippen LogP contribution >= 0.6 is 0 Å². The van der Waals surface area contributed by atoms with Gasteiger partial charge in [0, 0.05) is 19.1 Å². The van der Waals surface area contributed by atoms with Gasteiger partial charge < -0.3 is 12.4 Å². The van der Waals surface area contributed by atoms with Gasteiger partial charge in [0.15, 0.2) is 12.4 Å². The zero-order chi connectivity index (χ0) is 6.95. The SMILES string of the molecule is CC#N.[Cl-].c1cc[nH+]cc1. The molecule has 10 heavy (non-hydrogen) atoms. The molecule has 0 aromatic carbocycles. The summed E-state index contributed by atoms with van der Waals surface area (Å²) in [6.07, 6.45) is 3.75. The Morgan fingerprint density at radius 2 is 1.60 bits per heavy atom. The average molecular weight is 157 g/mol. The third kappa shape index (κ3) is 10.0. The van der Waals surface area contributed by atoms with Crippen LogP contribution in [0.25, 0.3) is 0 Å². The van der Waals surface area contributed by atoms with Crippen LogP contribution in [0.1, 0.15) is 6.92 Å². The first-order chi connectivity index (χ1) is 4.41. The molecule has 0 aliphatic rings. The van der Waals surface area contributed by atoms with Gasteiger partial charge in [0.2, 0.25) is 0 Å².